The number of anilines is 6. The lowest BCUT2D eigenvalue weighted by Crippen LogP contribution is -2.37. The average molecular weight is 879 g/mol. The minimum absolute atomic E-state index is 0.316. The van der Waals surface area contributed by atoms with Crippen LogP contribution < -0.4 is 9.80 Å². The molecule has 0 spiro atoms. The largest absolute Gasteiger partial charge is 0.310 e. The predicted octanol–water partition coefficient (Wildman–Crippen LogP) is 14.8. The van der Waals surface area contributed by atoms with Crippen molar-refractivity contribution in [2.24, 2.45) is 0 Å². The first-order valence-electron chi connectivity index (χ1n) is 22.8. The van der Waals surface area contributed by atoms with Gasteiger partial charge in [-0.05, 0) is 105 Å². The van der Waals surface area contributed by atoms with E-state index in [0.717, 1.165) is 56.4 Å². The Morgan fingerprint density at radius 2 is 0.537 bits per heavy atom. The zero-order valence-electron chi connectivity index (χ0n) is 36.4. The van der Waals surface area contributed by atoms with Crippen molar-refractivity contribution in [2.45, 2.75) is 20.6 Å². The van der Waals surface area contributed by atoms with Gasteiger partial charge in [-0.1, -0.05) is 194 Å². The minimum atomic E-state index is -3.82. The van der Waals surface area contributed by atoms with Gasteiger partial charge in [-0.2, -0.15) is 0 Å². The zero-order chi connectivity index (χ0) is 44.7. The van der Waals surface area contributed by atoms with Crippen molar-refractivity contribution in [3.05, 3.63) is 299 Å². The molecular weight excluding hydrogens is 837 g/mol. The SMILES string of the molecule is O=S1(=O)c2ccc(N3c4ccccc4C(c4ccccc4)(c4ccccc4)c4ccccc43)cc2-c2cc(N3c4ccccc4C(c4ccccc4)(c4ccccc4)c4ccccc43)ccc21. The summed E-state index contributed by atoms with van der Waals surface area (Å²) >= 11 is 0. The van der Waals surface area contributed by atoms with Crippen LogP contribution in [-0.4, -0.2) is 8.42 Å². The predicted molar refractivity (Wildman–Crippen MR) is 270 cm³/mol. The summed E-state index contributed by atoms with van der Waals surface area (Å²) in [5.41, 5.74) is 15.3. The van der Waals surface area contributed by atoms with Crippen molar-refractivity contribution in [1.82, 2.24) is 0 Å². The van der Waals surface area contributed by atoms with Gasteiger partial charge in [0.05, 0.1) is 43.4 Å². The first kappa shape index (κ1) is 39.1. The van der Waals surface area contributed by atoms with Crippen molar-refractivity contribution in [2.75, 3.05) is 9.80 Å². The van der Waals surface area contributed by atoms with E-state index in [1.165, 1.54) is 22.3 Å². The van der Waals surface area contributed by atoms with E-state index in [-0.39, 0.29) is 0 Å². The second-order valence-corrected chi connectivity index (χ2v) is 19.5. The fraction of sp³-hybridized carbons (Fsp3) is 0.0323. The van der Waals surface area contributed by atoms with Gasteiger partial charge in [0.25, 0.3) is 0 Å². The molecule has 4 nitrogen and oxygen atoms in total. The molecule has 0 saturated carbocycles. The summed E-state index contributed by atoms with van der Waals surface area (Å²) in [6.07, 6.45) is 0. The number of rotatable bonds is 6. The molecule has 0 aromatic heterocycles. The lowest BCUT2D eigenvalue weighted by molar-refractivity contribution is 0.598. The average Bonchev–Trinajstić information content (AvgIpc) is 3.62. The van der Waals surface area contributed by atoms with E-state index in [0.29, 0.717) is 20.9 Å². The molecule has 0 aliphatic carbocycles. The molecular formula is C62H42N2O2S. The van der Waals surface area contributed by atoms with Crippen LogP contribution in [0.25, 0.3) is 11.1 Å². The zero-order valence-corrected chi connectivity index (χ0v) is 37.2. The maximum absolute atomic E-state index is 14.6. The van der Waals surface area contributed by atoms with Crippen LogP contribution in [0.3, 0.4) is 0 Å². The van der Waals surface area contributed by atoms with Gasteiger partial charge in [0, 0.05) is 22.5 Å². The van der Waals surface area contributed by atoms with Crippen molar-refractivity contribution >= 4 is 44.0 Å². The van der Waals surface area contributed by atoms with Gasteiger partial charge < -0.3 is 9.80 Å². The van der Waals surface area contributed by atoms with Crippen LogP contribution >= 0.6 is 0 Å². The van der Waals surface area contributed by atoms with Crippen molar-refractivity contribution in [3.8, 4) is 11.1 Å². The maximum Gasteiger partial charge on any atom is 0.207 e. The third-order valence-electron chi connectivity index (χ3n) is 14.3. The van der Waals surface area contributed by atoms with E-state index in [9.17, 15) is 8.42 Å². The summed E-state index contributed by atoms with van der Waals surface area (Å²) in [7, 11) is -3.82. The molecule has 3 aliphatic rings. The molecule has 5 heteroatoms. The van der Waals surface area contributed by atoms with Crippen LogP contribution in [0.2, 0.25) is 0 Å². The lowest BCUT2D eigenvalue weighted by Gasteiger charge is -2.46. The monoisotopic (exact) mass is 878 g/mol. The summed E-state index contributed by atoms with van der Waals surface area (Å²) in [4.78, 5) is 5.26. The maximum atomic E-state index is 14.6. The molecule has 0 atom stereocenters. The standard InChI is InChI=1S/C62H42N2O2S/c65-67(66)59-39-37-47(63-55-33-17-13-29-51(55)61(43-21-5-1-6-22-43,44-23-7-2-8-24-44)52-30-14-18-34-56(52)63)41-49(59)50-42-48(38-40-60(50)67)64-57-35-19-15-31-53(57)62(45-25-9-3-10-26-45,46-27-11-4-12-28-46)54-32-16-20-36-58(54)64/h1-42H. The van der Waals surface area contributed by atoms with Crippen LogP contribution in [0.15, 0.2) is 265 Å². The number of nitrogens with zero attached hydrogens (tertiary/aromatic N) is 2. The molecule has 0 amide bonds. The summed E-state index contributed by atoms with van der Waals surface area (Å²) in [5.74, 6) is 0. The number of hydrogen-bond acceptors (Lipinski definition) is 4. The summed E-state index contributed by atoms with van der Waals surface area (Å²) < 4.78 is 29.2. The van der Waals surface area contributed by atoms with E-state index in [2.05, 4.69) is 240 Å². The van der Waals surface area contributed by atoms with Gasteiger partial charge >= 0.3 is 0 Å². The van der Waals surface area contributed by atoms with Gasteiger partial charge in [0.15, 0.2) is 0 Å². The van der Waals surface area contributed by atoms with Gasteiger partial charge in [-0.15, -0.1) is 0 Å². The minimum Gasteiger partial charge on any atom is -0.310 e. The van der Waals surface area contributed by atoms with E-state index >= 15 is 0 Å². The fourth-order valence-corrected chi connectivity index (χ4v) is 13.3. The molecule has 10 aromatic rings. The molecule has 3 heterocycles. The highest BCUT2D eigenvalue weighted by molar-refractivity contribution is 7.92. The van der Waals surface area contributed by atoms with Gasteiger partial charge in [-0.3, -0.25) is 0 Å². The van der Waals surface area contributed by atoms with E-state index in [1.54, 1.807) is 12.1 Å². The number of fused-ring (bicyclic) bond motifs is 7. The molecule has 0 unspecified atom stereocenters. The Bertz CT molecular complexity index is 3250. The van der Waals surface area contributed by atoms with E-state index in [1.807, 2.05) is 12.1 Å². The van der Waals surface area contributed by atoms with Crippen LogP contribution in [0.5, 0.6) is 0 Å². The topological polar surface area (TPSA) is 40.6 Å². The lowest BCUT2D eigenvalue weighted by atomic mass is 9.62. The Morgan fingerprint density at radius 3 is 0.821 bits per heavy atom. The fourth-order valence-electron chi connectivity index (χ4n) is 11.7. The van der Waals surface area contributed by atoms with Crippen LogP contribution in [0.4, 0.5) is 34.1 Å². The van der Waals surface area contributed by atoms with Crippen molar-refractivity contribution in [3.63, 3.8) is 0 Å². The first-order valence-corrected chi connectivity index (χ1v) is 24.2. The second kappa shape index (κ2) is 14.9. The summed E-state index contributed by atoms with van der Waals surface area (Å²) in [6, 6.07) is 89.4. The first-order chi connectivity index (χ1) is 33.0. The highest BCUT2D eigenvalue weighted by Gasteiger charge is 2.48. The smallest absolute Gasteiger partial charge is 0.207 e. The third-order valence-corrected chi connectivity index (χ3v) is 16.2. The normalized spacial score (nSPS) is 15.3. The molecule has 318 valence electrons. The van der Waals surface area contributed by atoms with E-state index in [4.69, 9.17) is 0 Å². The number of hydrogen-bond donors (Lipinski definition) is 0. The van der Waals surface area contributed by atoms with Gasteiger partial charge in [0.1, 0.15) is 0 Å². The quantitative estimate of drug-likeness (QED) is 0.167. The Hall–Kier alpha value is -8.25. The van der Waals surface area contributed by atoms with Crippen LogP contribution in [0, 0.1) is 0 Å². The van der Waals surface area contributed by atoms with Gasteiger partial charge in [0.2, 0.25) is 9.84 Å². The molecule has 0 fully saturated rings. The Labute approximate surface area is 391 Å². The van der Waals surface area contributed by atoms with Crippen molar-refractivity contribution in [1.29, 1.82) is 0 Å². The molecule has 13 rings (SSSR count). The van der Waals surface area contributed by atoms with Gasteiger partial charge in [-0.25, -0.2) is 8.42 Å². The molecule has 3 aliphatic heterocycles. The Balaban J connectivity index is 1.01. The molecule has 10 aromatic carbocycles. The van der Waals surface area contributed by atoms with Crippen molar-refractivity contribution < 1.29 is 8.42 Å². The molecule has 0 saturated heterocycles. The Morgan fingerprint density at radius 1 is 0.284 bits per heavy atom. The molecule has 0 N–H and O–H groups in total. The summed E-state index contributed by atoms with van der Waals surface area (Å²) in [5, 5.41) is 0. The number of para-hydroxylation sites is 4. The third kappa shape index (κ3) is 5.43. The number of sulfone groups is 1. The molecule has 0 radical (unpaired) electrons. The van der Waals surface area contributed by atoms with E-state index < -0.39 is 20.7 Å². The molecule has 0 bridgehead atoms. The van der Waals surface area contributed by atoms with Crippen LogP contribution in [-0.2, 0) is 20.7 Å². The summed E-state index contributed by atoms with van der Waals surface area (Å²) in [6.45, 7) is 0. The number of benzene rings is 10. The Kier molecular flexibility index (Phi) is 8.70. The molecule has 67 heavy (non-hydrogen) atoms. The highest BCUT2D eigenvalue weighted by Crippen LogP contribution is 2.60. The highest BCUT2D eigenvalue weighted by atomic mass is 32.2. The van der Waals surface area contributed by atoms with Crippen LogP contribution in [0.1, 0.15) is 44.5 Å². The second-order valence-electron chi connectivity index (χ2n) is 17.6.